The Bertz CT molecular complexity index is 1220. The standard InChI is InChI=1S/C27H33Cl2NO5S/c1-5-36(34,35)25(18-9-11-20(28)12-10-18)17(3)16(2)24-22(19-7-6-8-21(29)13-19)14-27(4,15-23(31)32)26(33)30-24/h6-13,16-17,22,24-25H,5,14-15H2,1-4H3,(H,30,33)(H,31,32). The van der Waals surface area contributed by atoms with E-state index in [2.05, 4.69) is 5.32 Å². The van der Waals surface area contributed by atoms with Crippen molar-refractivity contribution in [3.05, 3.63) is 69.7 Å². The van der Waals surface area contributed by atoms with Crippen LogP contribution in [0.4, 0.5) is 0 Å². The van der Waals surface area contributed by atoms with Crippen LogP contribution in [0.2, 0.25) is 10.0 Å². The van der Waals surface area contributed by atoms with Gasteiger partial charge in [0.2, 0.25) is 5.91 Å². The number of amides is 1. The quantitative estimate of drug-likeness (QED) is 0.402. The molecule has 196 valence electrons. The topological polar surface area (TPSA) is 101 Å². The zero-order valence-corrected chi connectivity index (χ0v) is 23.2. The van der Waals surface area contributed by atoms with Crippen LogP contribution in [0.5, 0.6) is 0 Å². The highest BCUT2D eigenvalue weighted by molar-refractivity contribution is 7.91. The molecule has 6 unspecified atom stereocenters. The highest BCUT2D eigenvalue weighted by atomic mass is 35.5. The maximum absolute atomic E-state index is 13.3. The van der Waals surface area contributed by atoms with Gasteiger partial charge in [-0.15, -0.1) is 0 Å². The number of carbonyl (C=O) groups is 2. The molecule has 2 aromatic rings. The molecule has 0 aromatic heterocycles. The van der Waals surface area contributed by atoms with Crippen molar-refractivity contribution in [2.45, 2.75) is 57.7 Å². The first-order valence-electron chi connectivity index (χ1n) is 12.0. The lowest BCUT2D eigenvalue weighted by Crippen LogP contribution is -2.57. The van der Waals surface area contributed by atoms with Gasteiger partial charge in [-0.05, 0) is 53.6 Å². The summed E-state index contributed by atoms with van der Waals surface area (Å²) in [5, 5.41) is 12.8. The fourth-order valence-corrected chi connectivity index (χ4v) is 7.61. The molecule has 0 aliphatic carbocycles. The molecule has 0 spiro atoms. The molecule has 1 aliphatic rings. The molecule has 1 amide bonds. The Morgan fingerprint density at radius 2 is 1.78 bits per heavy atom. The second-order valence-electron chi connectivity index (χ2n) is 10.1. The fraction of sp³-hybridized carbons (Fsp3) is 0.481. The minimum Gasteiger partial charge on any atom is -0.481 e. The van der Waals surface area contributed by atoms with E-state index in [0.717, 1.165) is 5.56 Å². The maximum Gasteiger partial charge on any atom is 0.304 e. The number of sulfone groups is 1. The van der Waals surface area contributed by atoms with E-state index in [9.17, 15) is 23.1 Å². The van der Waals surface area contributed by atoms with Gasteiger partial charge in [-0.2, -0.15) is 0 Å². The summed E-state index contributed by atoms with van der Waals surface area (Å²) in [6.45, 7) is 7.13. The molecule has 0 radical (unpaired) electrons. The van der Waals surface area contributed by atoms with E-state index in [-0.39, 0.29) is 35.8 Å². The number of carboxylic acids is 1. The fourth-order valence-electron chi connectivity index (χ4n) is 5.45. The smallest absolute Gasteiger partial charge is 0.304 e. The molecule has 9 heteroatoms. The highest BCUT2D eigenvalue weighted by Crippen LogP contribution is 2.46. The SMILES string of the molecule is CCS(=O)(=O)C(c1ccc(Cl)cc1)C(C)C(C)C1NC(=O)C(C)(CC(=O)O)CC1c1cccc(Cl)c1. The second-order valence-corrected chi connectivity index (χ2v) is 13.4. The second kappa shape index (κ2) is 11.1. The number of nitrogens with one attached hydrogen (secondary N) is 1. The number of aliphatic carboxylic acids is 1. The third kappa shape index (κ3) is 6.06. The monoisotopic (exact) mass is 553 g/mol. The zero-order valence-electron chi connectivity index (χ0n) is 20.9. The highest BCUT2D eigenvalue weighted by Gasteiger charge is 2.49. The number of carboxylic acid groups (broad SMARTS) is 1. The number of hydrogen-bond donors (Lipinski definition) is 2. The van der Waals surface area contributed by atoms with Crippen molar-refractivity contribution in [2.75, 3.05) is 5.75 Å². The van der Waals surface area contributed by atoms with E-state index in [1.165, 1.54) is 0 Å². The summed E-state index contributed by atoms with van der Waals surface area (Å²) >= 11 is 12.3. The number of piperidine rings is 1. The van der Waals surface area contributed by atoms with Crippen LogP contribution in [0.1, 0.15) is 62.8 Å². The lowest BCUT2D eigenvalue weighted by molar-refractivity contribution is -0.147. The van der Waals surface area contributed by atoms with E-state index in [0.29, 0.717) is 22.0 Å². The van der Waals surface area contributed by atoms with Gasteiger partial charge in [0.25, 0.3) is 0 Å². The molecular formula is C27H33Cl2NO5S. The van der Waals surface area contributed by atoms with Crippen LogP contribution in [-0.2, 0) is 19.4 Å². The molecule has 6 atom stereocenters. The molecule has 3 rings (SSSR count). The molecule has 1 saturated heterocycles. The summed E-state index contributed by atoms with van der Waals surface area (Å²) in [7, 11) is -3.50. The average Bonchev–Trinajstić information content (AvgIpc) is 2.81. The molecule has 1 aliphatic heterocycles. The molecule has 1 heterocycles. The predicted molar refractivity (Wildman–Crippen MR) is 143 cm³/mol. The Morgan fingerprint density at radius 3 is 2.33 bits per heavy atom. The molecular weight excluding hydrogens is 521 g/mol. The summed E-state index contributed by atoms with van der Waals surface area (Å²) in [5.41, 5.74) is 0.422. The molecule has 6 nitrogen and oxygen atoms in total. The van der Waals surface area contributed by atoms with Crippen molar-refractivity contribution in [1.29, 1.82) is 0 Å². The Kier molecular flexibility index (Phi) is 8.79. The molecule has 2 aromatic carbocycles. The van der Waals surface area contributed by atoms with Gasteiger partial charge in [0.15, 0.2) is 9.84 Å². The van der Waals surface area contributed by atoms with Gasteiger partial charge in [0, 0.05) is 27.8 Å². The van der Waals surface area contributed by atoms with Gasteiger partial charge in [0.05, 0.1) is 17.1 Å². The third-order valence-electron chi connectivity index (χ3n) is 7.63. The van der Waals surface area contributed by atoms with Crippen LogP contribution < -0.4 is 5.32 Å². The number of carbonyl (C=O) groups excluding carboxylic acids is 1. The molecule has 36 heavy (non-hydrogen) atoms. The van der Waals surface area contributed by atoms with Crippen molar-refractivity contribution < 1.29 is 23.1 Å². The Hall–Kier alpha value is -2.09. The number of rotatable bonds is 9. The zero-order chi connectivity index (χ0) is 26.8. The molecule has 0 saturated carbocycles. The van der Waals surface area contributed by atoms with Crippen LogP contribution in [0.15, 0.2) is 48.5 Å². The van der Waals surface area contributed by atoms with Crippen LogP contribution in [0.3, 0.4) is 0 Å². The van der Waals surface area contributed by atoms with E-state index in [1.807, 2.05) is 32.0 Å². The van der Waals surface area contributed by atoms with Gasteiger partial charge in [-0.1, -0.05) is 75.2 Å². The van der Waals surface area contributed by atoms with Crippen molar-refractivity contribution in [3.63, 3.8) is 0 Å². The normalized spacial score (nSPS) is 25.0. The molecule has 2 N–H and O–H groups in total. The number of hydrogen-bond acceptors (Lipinski definition) is 4. The minimum atomic E-state index is -3.50. The summed E-state index contributed by atoms with van der Waals surface area (Å²) in [6.07, 6.45) is 0.00348. The van der Waals surface area contributed by atoms with Crippen molar-refractivity contribution in [1.82, 2.24) is 5.32 Å². The lowest BCUT2D eigenvalue weighted by Gasteiger charge is -2.46. The van der Waals surface area contributed by atoms with E-state index < -0.39 is 32.5 Å². The van der Waals surface area contributed by atoms with Crippen molar-refractivity contribution >= 4 is 44.9 Å². The largest absolute Gasteiger partial charge is 0.481 e. The first-order chi connectivity index (χ1) is 16.8. The Morgan fingerprint density at radius 1 is 1.14 bits per heavy atom. The number of halogens is 2. The van der Waals surface area contributed by atoms with E-state index in [4.69, 9.17) is 23.2 Å². The lowest BCUT2D eigenvalue weighted by atomic mass is 9.66. The summed E-state index contributed by atoms with van der Waals surface area (Å²) < 4.78 is 26.6. The first kappa shape index (κ1) is 28.5. The van der Waals surface area contributed by atoms with E-state index in [1.54, 1.807) is 44.2 Å². The predicted octanol–water partition coefficient (Wildman–Crippen LogP) is 5.89. The Balaban J connectivity index is 2.05. The van der Waals surface area contributed by atoms with Gasteiger partial charge < -0.3 is 10.4 Å². The van der Waals surface area contributed by atoms with E-state index >= 15 is 0 Å². The number of benzene rings is 2. The van der Waals surface area contributed by atoms with Crippen LogP contribution in [-0.4, -0.2) is 37.2 Å². The summed E-state index contributed by atoms with van der Waals surface area (Å²) in [4.78, 5) is 24.8. The van der Waals surface area contributed by atoms with Crippen LogP contribution in [0, 0.1) is 17.3 Å². The van der Waals surface area contributed by atoms with Crippen LogP contribution >= 0.6 is 23.2 Å². The first-order valence-corrected chi connectivity index (χ1v) is 14.5. The van der Waals surface area contributed by atoms with Gasteiger partial charge in [-0.3, -0.25) is 9.59 Å². The van der Waals surface area contributed by atoms with Crippen molar-refractivity contribution in [2.24, 2.45) is 17.3 Å². The Labute approximate surface area is 223 Å². The van der Waals surface area contributed by atoms with Gasteiger partial charge in [0.1, 0.15) is 0 Å². The van der Waals surface area contributed by atoms with Gasteiger partial charge in [-0.25, -0.2) is 8.42 Å². The maximum atomic E-state index is 13.3. The third-order valence-corrected chi connectivity index (χ3v) is 10.4. The van der Waals surface area contributed by atoms with Crippen molar-refractivity contribution in [3.8, 4) is 0 Å². The van der Waals surface area contributed by atoms with Crippen LogP contribution in [0.25, 0.3) is 0 Å². The van der Waals surface area contributed by atoms with Gasteiger partial charge >= 0.3 is 5.97 Å². The minimum absolute atomic E-state index is 0.0250. The molecule has 0 bridgehead atoms. The molecule has 1 fully saturated rings. The average molecular weight is 555 g/mol. The summed E-state index contributed by atoms with van der Waals surface area (Å²) in [5.74, 6) is -2.30. The summed E-state index contributed by atoms with van der Waals surface area (Å²) in [6, 6.07) is 13.7.